The van der Waals surface area contributed by atoms with Crippen molar-refractivity contribution < 1.29 is 9.21 Å². The first-order valence-corrected chi connectivity index (χ1v) is 8.34. The van der Waals surface area contributed by atoms with Crippen LogP contribution in [0.5, 0.6) is 0 Å². The molecule has 120 valence electrons. The van der Waals surface area contributed by atoms with E-state index in [-0.39, 0.29) is 11.8 Å². The third kappa shape index (κ3) is 3.43. The zero-order valence-electron chi connectivity index (χ0n) is 13.1. The Morgan fingerprint density at radius 2 is 2.09 bits per heavy atom. The van der Waals surface area contributed by atoms with Crippen molar-refractivity contribution in [3.63, 3.8) is 0 Å². The maximum atomic E-state index is 11.9. The Morgan fingerprint density at radius 3 is 2.83 bits per heavy atom. The van der Waals surface area contributed by atoms with Crippen LogP contribution in [0, 0.1) is 5.92 Å². The van der Waals surface area contributed by atoms with Crippen LogP contribution in [0.3, 0.4) is 0 Å². The Balaban J connectivity index is 1.69. The minimum atomic E-state index is -0.506. The second kappa shape index (κ2) is 6.52. The number of fused-ring (bicyclic) bond motifs is 1. The maximum absolute atomic E-state index is 11.9. The quantitative estimate of drug-likeness (QED) is 0.753. The zero-order chi connectivity index (χ0) is 16.4. The molecule has 1 aromatic carbocycles. The van der Waals surface area contributed by atoms with Crippen molar-refractivity contribution >= 4 is 27.5 Å². The van der Waals surface area contributed by atoms with Crippen LogP contribution in [0.4, 0.5) is 0 Å². The number of furan rings is 1. The average Bonchev–Trinajstić information content (AvgIpc) is 3.17. The molecule has 3 N–H and O–H groups in total. The minimum Gasteiger partial charge on any atom is -0.457 e. The van der Waals surface area contributed by atoms with Gasteiger partial charge in [0.1, 0.15) is 5.76 Å². The topological polar surface area (TPSA) is 81.2 Å². The number of nitrogens with two attached hydrogens (primary N) is 1. The Morgan fingerprint density at radius 1 is 1.30 bits per heavy atom. The van der Waals surface area contributed by atoms with Gasteiger partial charge in [-0.3, -0.25) is 4.79 Å². The van der Waals surface area contributed by atoms with Gasteiger partial charge in [-0.05, 0) is 30.2 Å². The molecule has 1 atom stereocenters. The second-order valence-corrected chi connectivity index (χ2v) is 6.77. The van der Waals surface area contributed by atoms with Gasteiger partial charge in [0.15, 0.2) is 10.8 Å². The van der Waals surface area contributed by atoms with E-state index in [1.54, 1.807) is 11.3 Å². The predicted octanol–water partition coefficient (Wildman–Crippen LogP) is 3.16. The molecule has 23 heavy (non-hydrogen) atoms. The molecule has 0 radical (unpaired) electrons. The SMILES string of the molecule is CC(C)[C@H](N)C(=O)NCc1ccc(-c2nc3ccccc3s2)o1. The molecule has 5 nitrogen and oxygen atoms in total. The fraction of sp³-hybridized carbons (Fsp3) is 0.294. The highest BCUT2D eigenvalue weighted by atomic mass is 32.1. The molecule has 3 aromatic rings. The Labute approximate surface area is 138 Å². The molecule has 0 saturated heterocycles. The summed E-state index contributed by atoms with van der Waals surface area (Å²) in [5.41, 5.74) is 6.77. The molecule has 0 aliphatic heterocycles. The van der Waals surface area contributed by atoms with E-state index in [1.165, 1.54) is 0 Å². The fourth-order valence-electron chi connectivity index (χ4n) is 2.16. The van der Waals surface area contributed by atoms with Gasteiger partial charge in [-0.25, -0.2) is 4.98 Å². The normalized spacial score (nSPS) is 12.7. The van der Waals surface area contributed by atoms with Gasteiger partial charge < -0.3 is 15.5 Å². The zero-order valence-corrected chi connectivity index (χ0v) is 13.9. The summed E-state index contributed by atoms with van der Waals surface area (Å²) in [4.78, 5) is 16.4. The van der Waals surface area contributed by atoms with Gasteiger partial charge in [0, 0.05) is 0 Å². The Bertz CT molecular complexity index is 789. The molecular formula is C17H19N3O2S. The van der Waals surface area contributed by atoms with E-state index < -0.39 is 6.04 Å². The van der Waals surface area contributed by atoms with Crippen LogP contribution in [0.1, 0.15) is 19.6 Å². The standard InChI is InChI=1S/C17H19N3O2S/c1-10(2)15(18)16(21)19-9-11-7-8-13(22-11)17-20-12-5-3-4-6-14(12)23-17/h3-8,10,15H,9,18H2,1-2H3,(H,19,21)/t15-/m0/s1. The lowest BCUT2D eigenvalue weighted by atomic mass is 10.1. The van der Waals surface area contributed by atoms with Gasteiger partial charge in [-0.2, -0.15) is 0 Å². The Hall–Kier alpha value is -2.18. The number of thiazole rings is 1. The van der Waals surface area contributed by atoms with Crippen LogP contribution < -0.4 is 11.1 Å². The monoisotopic (exact) mass is 329 g/mol. The van der Waals surface area contributed by atoms with E-state index in [4.69, 9.17) is 10.2 Å². The molecular weight excluding hydrogens is 310 g/mol. The van der Waals surface area contributed by atoms with Gasteiger partial charge in [0.25, 0.3) is 0 Å². The van der Waals surface area contributed by atoms with E-state index in [1.807, 2.05) is 50.2 Å². The lowest BCUT2D eigenvalue weighted by Crippen LogP contribution is -2.43. The summed E-state index contributed by atoms with van der Waals surface area (Å²) in [6.45, 7) is 4.16. The van der Waals surface area contributed by atoms with Crippen molar-refractivity contribution in [1.82, 2.24) is 10.3 Å². The number of carbonyl (C=O) groups is 1. The molecule has 3 rings (SSSR count). The molecule has 0 fully saturated rings. The molecule has 6 heteroatoms. The van der Waals surface area contributed by atoms with Crippen LogP contribution in [0.15, 0.2) is 40.8 Å². The second-order valence-electron chi connectivity index (χ2n) is 5.74. The lowest BCUT2D eigenvalue weighted by molar-refractivity contribution is -0.123. The number of aromatic nitrogens is 1. The summed E-state index contributed by atoms with van der Waals surface area (Å²) in [5.74, 6) is 1.33. The number of hydrogen-bond acceptors (Lipinski definition) is 5. The number of rotatable bonds is 5. The lowest BCUT2D eigenvalue weighted by Gasteiger charge is -2.14. The number of carbonyl (C=O) groups excluding carboxylic acids is 1. The number of benzene rings is 1. The molecule has 0 spiro atoms. The smallest absolute Gasteiger partial charge is 0.237 e. The summed E-state index contributed by atoms with van der Waals surface area (Å²) in [6, 6.07) is 11.2. The predicted molar refractivity (Wildman–Crippen MR) is 92.0 cm³/mol. The van der Waals surface area contributed by atoms with E-state index in [9.17, 15) is 4.79 Å². The van der Waals surface area contributed by atoms with Crippen LogP contribution in [-0.2, 0) is 11.3 Å². The Kier molecular flexibility index (Phi) is 4.45. The van der Waals surface area contributed by atoms with Gasteiger partial charge >= 0.3 is 0 Å². The molecule has 0 saturated carbocycles. The third-order valence-electron chi connectivity index (χ3n) is 3.62. The highest BCUT2D eigenvalue weighted by Crippen LogP contribution is 2.31. The van der Waals surface area contributed by atoms with E-state index in [0.717, 1.165) is 15.2 Å². The minimum absolute atomic E-state index is 0.102. The van der Waals surface area contributed by atoms with Crippen LogP contribution in [0.2, 0.25) is 0 Å². The van der Waals surface area contributed by atoms with Crippen LogP contribution in [-0.4, -0.2) is 16.9 Å². The molecule has 1 amide bonds. The first-order valence-electron chi connectivity index (χ1n) is 7.52. The number of nitrogens with one attached hydrogen (secondary N) is 1. The molecule has 0 aliphatic rings. The summed E-state index contributed by atoms with van der Waals surface area (Å²) in [6.07, 6.45) is 0. The van der Waals surface area contributed by atoms with Gasteiger partial charge in [0.05, 0.1) is 22.8 Å². The molecule has 2 heterocycles. The highest BCUT2D eigenvalue weighted by Gasteiger charge is 2.17. The van der Waals surface area contributed by atoms with Crippen molar-refractivity contribution in [1.29, 1.82) is 0 Å². The summed E-state index contributed by atoms with van der Waals surface area (Å²) in [5, 5.41) is 3.63. The summed E-state index contributed by atoms with van der Waals surface area (Å²) in [7, 11) is 0. The highest BCUT2D eigenvalue weighted by molar-refractivity contribution is 7.21. The fourth-order valence-corrected chi connectivity index (χ4v) is 3.09. The average molecular weight is 329 g/mol. The first kappa shape index (κ1) is 15.7. The molecule has 0 unspecified atom stereocenters. The van der Waals surface area contributed by atoms with E-state index >= 15 is 0 Å². The van der Waals surface area contributed by atoms with E-state index in [2.05, 4.69) is 10.3 Å². The van der Waals surface area contributed by atoms with Crippen molar-refractivity contribution in [3.8, 4) is 10.8 Å². The molecule has 0 aliphatic carbocycles. The first-order chi connectivity index (χ1) is 11.0. The largest absolute Gasteiger partial charge is 0.457 e. The van der Waals surface area contributed by atoms with Crippen molar-refractivity contribution in [2.24, 2.45) is 11.7 Å². The molecule has 0 bridgehead atoms. The number of para-hydroxylation sites is 1. The third-order valence-corrected chi connectivity index (χ3v) is 4.68. The maximum Gasteiger partial charge on any atom is 0.237 e. The van der Waals surface area contributed by atoms with Crippen molar-refractivity contribution in [2.45, 2.75) is 26.4 Å². The van der Waals surface area contributed by atoms with Crippen LogP contribution in [0.25, 0.3) is 21.0 Å². The summed E-state index contributed by atoms with van der Waals surface area (Å²) >= 11 is 1.58. The van der Waals surface area contributed by atoms with E-state index in [0.29, 0.717) is 18.1 Å². The van der Waals surface area contributed by atoms with Crippen molar-refractivity contribution in [3.05, 3.63) is 42.2 Å². The van der Waals surface area contributed by atoms with Gasteiger partial charge in [0.2, 0.25) is 5.91 Å². The number of hydrogen-bond donors (Lipinski definition) is 2. The number of amides is 1. The van der Waals surface area contributed by atoms with Crippen molar-refractivity contribution in [2.75, 3.05) is 0 Å². The summed E-state index contributed by atoms with van der Waals surface area (Å²) < 4.78 is 6.90. The number of nitrogens with zero attached hydrogens (tertiary/aromatic N) is 1. The van der Waals surface area contributed by atoms with Crippen LogP contribution >= 0.6 is 11.3 Å². The molecule has 2 aromatic heterocycles. The van der Waals surface area contributed by atoms with Gasteiger partial charge in [-0.1, -0.05) is 26.0 Å². The van der Waals surface area contributed by atoms with Gasteiger partial charge in [-0.15, -0.1) is 11.3 Å².